The number of anilines is 1. The number of primary amides is 1. The molecule has 4 heterocycles. The predicted octanol–water partition coefficient (Wildman–Crippen LogP) is 1.80. The van der Waals surface area contributed by atoms with Gasteiger partial charge in [0.2, 0.25) is 0 Å². The van der Waals surface area contributed by atoms with Crippen LogP contribution in [0.1, 0.15) is 56.1 Å². The highest BCUT2D eigenvalue weighted by molar-refractivity contribution is 7.09. The molecule has 3 aromatic rings. The quantitative estimate of drug-likeness (QED) is 0.401. The second-order valence-corrected chi connectivity index (χ2v) is 8.94. The van der Waals surface area contributed by atoms with E-state index in [-0.39, 0.29) is 34.7 Å². The van der Waals surface area contributed by atoms with E-state index in [1.165, 1.54) is 4.90 Å². The maximum atomic E-state index is 13.8. The van der Waals surface area contributed by atoms with E-state index >= 15 is 0 Å². The molecule has 1 aliphatic rings. The number of nitrogens with one attached hydrogen (secondary N) is 1. The number of aromatic nitrogens is 2. The molecule has 4 rings (SSSR count). The molecule has 184 valence electrons. The number of furan rings is 1. The molecule has 0 aromatic carbocycles. The minimum atomic E-state index is -1.13. The van der Waals surface area contributed by atoms with E-state index in [9.17, 15) is 14.4 Å². The monoisotopic (exact) mass is 498 g/mol. The third-order valence-corrected chi connectivity index (χ3v) is 6.46. The lowest BCUT2D eigenvalue weighted by molar-refractivity contribution is -0.127. The number of hydrogen-bond acceptors (Lipinski definition) is 9. The second kappa shape index (κ2) is 10.7. The molecule has 3 amide bonds. The van der Waals surface area contributed by atoms with E-state index < -0.39 is 23.8 Å². The lowest BCUT2D eigenvalue weighted by Crippen LogP contribution is -2.45. The maximum absolute atomic E-state index is 13.8. The lowest BCUT2D eigenvalue weighted by atomic mass is 10.1. The first-order valence-electron chi connectivity index (χ1n) is 11.1. The van der Waals surface area contributed by atoms with Gasteiger partial charge in [0, 0.05) is 32.1 Å². The molecular weight excluding hydrogens is 472 g/mol. The third kappa shape index (κ3) is 5.49. The normalized spacial score (nSPS) is 16.1. The predicted molar refractivity (Wildman–Crippen MR) is 127 cm³/mol. The second-order valence-electron chi connectivity index (χ2n) is 8.16. The zero-order valence-corrected chi connectivity index (χ0v) is 19.9. The van der Waals surface area contributed by atoms with Crippen molar-refractivity contribution in [1.29, 1.82) is 0 Å². The molecule has 3 aromatic heterocycles. The van der Waals surface area contributed by atoms with Gasteiger partial charge in [-0.1, -0.05) is 6.07 Å². The molecule has 0 aliphatic carbocycles. The SMILES string of the molecule is Cc1ccc([C@H](C(=O)NC[C@@H]2CCCO2)N(Cc2cccnc2)C(=O)c2snc(C(N)=O)c2N)o1. The van der Waals surface area contributed by atoms with Crippen LogP contribution < -0.4 is 16.8 Å². The number of pyridine rings is 1. The van der Waals surface area contributed by atoms with Crippen LogP contribution in [0.2, 0.25) is 0 Å². The first-order valence-corrected chi connectivity index (χ1v) is 11.8. The summed E-state index contributed by atoms with van der Waals surface area (Å²) in [6, 6.07) is 5.76. The average molecular weight is 499 g/mol. The van der Waals surface area contributed by atoms with Crippen molar-refractivity contribution in [2.75, 3.05) is 18.9 Å². The molecule has 1 saturated heterocycles. The van der Waals surface area contributed by atoms with Crippen molar-refractivity contribution in [3.05, 3.63) is 64.3 Å². The van der Waals surface area contributed by atoms with Crippen molar-refractivity contribution in [2.24, 2.45) is 5.73 Å². The third-order valence-electron chi connectivity index (χ3n) is 5.61. The highest BCUT2D eigenvalue weighted by Crippen LogP contribution is 2.31. The van der Waals surface area contributed by atoms with Crippen molar-refractivity contribution >= 4 is 34.9 Å². The largest absolute Gasteiger partial charge is 0.464 e. The summed E-state index contributed by atoms with van der Waals surface area (Å²) in [7, 11) is 0. The van der Waals surface area contributed by atoms with Gasteiger partial charge < -0.3 is 30.8 Å². The van der Waals surface area contributed by atoms with Crippen LogP contribution in [0.15, 0.2) is 41.1 Å². The molecule has 0 spiro atoms. The van der Waals surface area contributed by atoms with Gasteiger partial charge >= 0.3 is 0 Å². The Labute approximate surface area is 205 Å². The number of nitrogens with two attached hydrogens (primary N) is 2. The summed E-state index contributed by atoms with van der Waals surface area (Å²) in [4.78, 5) is 44.4. The molecule has 5 N–H and O–H groups in total. The van der Waals surface area contributed by atoms with Gasteiger partial charge in [0.15, 0.2) is 11.7 Å². The number of carbonyl (C=O) groups excluding carboxylic acids is 3. The van der Waals surface area contributed by atoms with Gasteiger partial charge in [-0.3, -0.25) is 19.4 Å². The highest BCUT2D eigenvalue weighted by atomic mass is 32.1. The van der Waals surface area contributed by atoms with Crippen LogP contribution in [0.4, 0.5) is 5.69 Å². The summed E-state index contributed by atoms with van der Waals surface area (Å²) in [5.74, 6) is -1.01. The Kier molecular flexibility index (Phi) is 7.42. The van der Waals surface area contributed by atoms with Crippen molar-refractivity contribution in [1.82, 2.24) is 19.6 Å². The van der Waals surface area contributed by atoms with Gasteiger partial charge in [-0.25, -0.2) is 0 Å². The molecule has 0 saturated carbocycles. The number of nitrogen functional groups attached to an aromatic ring is 1. The number of nitrogens with zero attached hydrogens (tertiary/aromatic N) is 3. The van der Waals surface area contributed by atoms with Gasteiger partial charge in [-0.2, -0.15) is 4.37 Å². The first-order chi connectivity index (χ1) is 16.8. The minimum Gasteiger partial charge on any atom is -0.464 e. The van der Waals surface area contributed by atoms with E-state index in [1.807, 2.05) is 0 Å². The van der Waals surface area contributed by atoms with Gasteiger partial charge in [-0.05, 0) is 55.1 Å². The molecule has 1 aliphatic heterocycles. The number of ether oxygens (including phenoxy) is 1. The zero-order valence-electron chi connectivity index (χ0n) is 19.1. The zero-order chi connectivity index (χ0) is 24.9. The Bertz CT molecular complexity index is 1200. The number of amides is 3. The van der Waals surface area contributed by atoms with Gasteiger partial charge in [-0.15, -0.1) is 0 Å². The van der Waals surface area contributed by atoms with E-state index in [0.29, 0.717) is 24.5 Å². The summed E-state index contributed by atoms with van der Waals surface area (Å²) >= 11 is 0.750. The lowest BCUT2D eigenvalue weighted by Gasteiger charge is -2.30. The Morgan fingerprint density at radius 2 is 2.14 bits per heavy atom. The topological polar surface area (TPSA) is 167 Å². The summed E-state index contributed by atoms with van der Waals surface area (Å²) in [6.07, 6.45) is 4.89. The Balaban J connectivity index is 1.72. The average Bonchev–Trinajstić information content (AvgIpc) is 3.59. The van der Waals surface area contributed by atoms with E-state index in [4.69, 9.17) is 20.6 Å². The van der Waals surface area contributed by atoms with Crippen LogP contribution in [0.5, 0.6) is 0 Å². The number of carbonyl (C=O) groups is 3. The van der Waals surface area contributed by atoms with Crippen LogP contribution >= 0.6 is 11.5 Å². The Morgan fingerprint density at radius 1 is 1.31 bits per heavy atom. The molecule has 2 atom stereocenters. The van der Waals surface area contributed by atoms with Crippen molar-refractivity contribution in [3.8, 4) is 0 Å². The molecule has 12 heteroatoms. The summed E-state index contributed by atoms with van der Waals surface area (Å²) in [5, 5.41) is 2.89. The van der Waals surface area contributed by atoms with Crippen LogP contribution in [0.25, 0.3) is 0 Å². The van der Waals surface area contributed by atoms with Crippen LogP contribution in [-0.2, 0) is 16.1 Å². The van der Waals surface area contributed by atoms with E-state index in [1.54, 1.807) is 43.6 Å². The minimum absolute atomic E-state index is 0.00268. The Morgan fingerprint density at radius 3 is 2.74 bits per heavy atom. The molecule has 35 heavy (non-hydrogen) atoms. The van der Waals surface area contributed by atoms with Gasteiger partial charge in [0.25, 0.3) is 17.7 Å². The number of aryl methyl sites for hydroxylation is 1. The summed E-state index contributed by atoms with van der Waals surface area (Å²) in [6.45, 7) is 2.73. The Hall–Kier alpha value is -3.77. The van der Waals surface area contributed by atoms with Crippen LogP contribution in [-0.4, -0.2) is 51.2 Å². The molecule has 1 fully saturated rings. The summed E-state index contributed by atoms with van der Waals surface area (Å²) in [5.41, 5.74) is 11.7. The fourth-order valence-corrected chi connectivity index (χ4v) is 4.63. The highest BCUT2D eigenvalue weighted by Gasteiger charge is 2.37. The first kappa shape index (κ1) is 24.4. The fraction of sp³-hybridized carbons (Fsp3) is 0.348. The smallest absolute Gasteiger partial charge is 0.270 e. The molecule has 11 nitrogen and oxygen atoms in total. The van der Waals surface area contributed by atoms with Gasteiger partial charge in [0.05, 0.1) is 11.8 Å². The van der Waals surface area contributed by atoms with E-state index in [2.05, 4.69) is 14.7 Å². The molecule has 0 radical (unpaired) electrons. The molecule has 0 unspecified atom stereocenters. The van der Waals surface area contributed by atoms with Crippen LogP contribution in [0.3, 0.4) is 0 Å². The number of rotatable bonds is 9. The standard InChI is InChI=1S/C23H26N6O5S/c1-13-6-7-16(34-13)19(22(31)27-11-15-5-3-9-33-15)29(12-14-4-2-8-26-10-14)23(32)20-17(24)18(21(25)30)28-35-20/h2,4,6-8,10,15,19H,3,5,9,11-12,24H2,1H3,(H2,25,30)(H,27,31)/t15-,19+/m0/s1. The number of hydrogen-bond donors (Lipinski definition) is 3. The molecule has 0 bridgehead atoms. The van der Waals surface area contributed by atoms with Crippen molar-refractivity contribution in [3.63, 3.8) is 0 Å². The van der Waals surface area contributed by atoms with E-state index in [0.717, 1.165) is 24.4 Å². The molecular formula is C23H26N6O5S. The summed E-state index contributed by atoms with van der Waals surface area (Å²) < 4.78 is 15.3. The van der Waals surface area contributed by atoms with Crippen molar-refractivity contribution in [2.45, 2.75) is 38.5 Å². The fourth-order valence-electron chi connectivity index (χ4n) is 3.87. The van der Waals surface area contributed by atoms with Crippen LogP contribution in [0, 0.1) is 6.92 Å². The van der Waals surface area contributed by atoms with Crippen molar-refractivity contribution < 1.29 is 23.5 Å². The maximum Gasteiger partial charge on any atom is 0.270 e. The van der Waals surface area contributed by atoms with Gasteiger partial charge in [0.1, 0.15) is 16.4 Å².